The predicted molar refractivity (Wildman–Crippen MR) is 99.2 cm³/mol. The number of aromatic nitrogens is 1. The lowest BCUT2D eigenvalue weighted by molar-refractivity contribution is -0.134. The number of rotatable bonds is 5. The number of esters is 1. The highest BCUT2D eigenvalue weighted by atomic mass is 35.5. The van der Waals surface area contributed by atoms with Gasteiger partial charge in [-0.3, -0.25) is 9.59 Å². The highest BCUT2D eigenvalue weighted by Gasteiger charge is 2.28. The average molecular weight is 402 g/mol. The van der Waals surface area contributed by atoms with Crippen molar-refractivity contribution in [2.24, 2.45) is 0 Å². The van der Waals surface area contributed by atoms with Crippen LogP contribution in [0.25, 0.3) is 6.08 Å². The van der Waals surface area contributed by atoms with Crippen LogP contribution < -0.4 is 9.47 Å². The predicted octanol–water partition coefficient (Wildman–Crippen LogP) is 4.54. The highest BCUT2D eigenvalue weighted by molar-refractivity contribution is 7.10. The van der Waals surface area contributed by atoms with E-state index < -0.39 is 5.97 Å². The molecule has 27 heavy (non-hydrogen) atoms. The largest absolute Gasteiger partial charge is 0.452 e. The summed E-state index contributed by atoms with van der Waals surface area (Å²) >= 11 is 7.17. The van der Waals surface area contributed by atoms with E-state index >= 15 is 0 Å². The zero-order valence-corrected chi connectivity index (χ0v) is 15.4. The third-order valence-corrected chi connectivity index (χ3v) is 4.79. The number of carbonyl (C=O) groups excluding carboxylic acids is 2. The summed E-state index contributed by atoms with van der Waals surface area (Å²) in [7, 11) is 0. The van der Waals surface area contributed by atoms with E-state index in [0.29, 0.717) is 29.2 Å². The molecule has 1 aromatic carbocycles. The number of hydrogen-bond donors (Lipinski definition) is 0. The molecular formula is C19H12ClNO5S. The first kappa shape index (κ1) is 17.5. The minimum absolute atomic E-state index is 0.103. The molecule has 4 rings (SSSR count). The maximum atomic E-state index is 12.4. The molecule has 0 bridgehead atoms. The molecule has 1 aliphatic rings. The van der Waals surface area contributed by atoms with Crippen molar-refractivity contribution in [1.82, 2.24) is 5.16 Å². The number of aryl methyl sites for hydroxylation is 1. The summed E-state index contributed by atoms with van der Waals surface area (Å²) in [6.07, 6.45) is 2.12. The van der Waals surface area contributed by atoms with Gasteiger partial charge in [0.05, 0.1) is 12.0 Å². The van der Waals surface area contributed by atoms with Crippen molar-refractivity contribution in [3.63, 3.8) is 0 Å². The van der Waals surface area contributed by atoms with Crippen molar-refractivity contribution in [1.29, 1.82) is 0 Å². The molecule has 3 aromatic rings. The van der Waals surface area contributed by atoms with Crippen LogP contribution in [0.5, 0.6) is 11.5 Å². The molecule has 0 atom stereocenters. The van der Waals surface area contributed by atoms with Crippen LogP contribution in [0, 0.1) is 0 Å². The van der Waals surface area contributed by atoms with E-state index in [2.05, 4.69) is 5.16 Å². The molecule has 0 unspecified atom stereocenters. The van der Waals surface area contributed by atoms with Crippen LogP contribution in [-0.2, 0) is 11.2 Å². The lowest BCUT2D eigenvalue weighted by Gasteiger charge is -2.05. The van der Waals surface area contributed by atoms with Crippen molar-refractivity contribution in [3.05, 3.63) is 68.9 Å². The average Bonchev–Trinajstić information content (AvgIpc) is 3.36. The summed E-state index contributed by atoms with van der Waals surface area (Å²) < 4.78 is 15.9. The van der Waals surface area contributed by atoms with Gasteiger partial charge in [-0.15, -0.1) is 11.3 Å². The molecule has 0 N–H and O–H groups in total. The summed E-state index contributed by atoms with van der Waals surface area (Å²) in [5.41, 5.74) is 0.439. The number of allylic oxidation sites excluding steroid dienone is 1. The normalized spacial score (nSPS) is 14.3. The molecule has 0 saturated carbocycles. The fourth-order valence-electron chi connectivity index (χ4n) is 2.55. The molecule has 1 aliphatic heterocycles. The third kappa shape index (κ3) is 3.94. The van der Waals surface area contributed by atoms with Crippen molar-refractivity contribution >= 4 is 40.8 Å². The second-order valence-electron chi connectivity index (χ2n) is 5.70. The van der Waals surface area contributed by atoms with Crippen molar-refractivity contribution in [2.75, 3.05) is 0 Å². The summed E-state index contributed by atoms with van der Waals surface area (Å²) in [4.78, 5) is 25.3. The van der Waals surface area contributed by atoms with Gasteiger partial charge in [-0.05, 0) is 23.6 Å². The summed E-state index contributed by atoms with van der Waals surface area (Å²) in [5, 5.41) is 5.70. The van der Waals surface area contributed by atoms with Crippen LogP contribution in [-0.4, -0.2) is 16.9 Å². The van der Waals surface area contributed by atoms with Gasteiger partial charge < -0.3 is 14.0 Å². The smallest absolute Gasteiger partial charge is 0.311 e. The van der Waals surface area contributed by atoms with Crippen LogP contribution in [0.3, 0.4) is 0 Å². The molecule has 0 aliphatic carbocycles. The molecule has 0 saturated heterocycles. The van der Waals surface area contributed by atoms with Crippen LogP contribution in [0.1, 0.15) is 27.4 Å². The van der Waals surface area contributed by atoms with Gasteiger partial charge in [-0.25, -0.2) is 0 Å². The van der Waals surface area contributed by atoms with Gasteiger partial charge in [0.25, 0.3) is 0 Å². The van der Waals surface area contributed by atoms with E-state index in [4.69, 9.17) is 25.6 Å². The first-order valence-corrected chi connectivity index (χ1v) is 9.28. The number of halogens is 1. The van der Waals surface area contributed by atoms with Crippen LogP contribution in [0.4, 0.5) is 0 Å². The number of nitrogens with zero attached hydrogens (tertiary/aromatic N) is 1. The first-order chi connectivity index (χ1) is 13.1. The topological polar surface area (TPSA) is 78.6 Å². The van der Waals surface area contributed by atoms with E-state index in [-0.39, 0.29) is 23.1 Å². The highest BCUT2D eigenvalue weighted by Crippen LogP contribution is 2.35. The summed E-state index contributed by atoms with van der Waals surface area (Å²) in [5.74, 6) is 0.788. The minimum atomic E-state index is -0.443. The molecule has 0 spiro atoms. The number of ketones is 1. The Morgan fingerprint density at radius 3 is 2.93 bits per heavy atom. The van der Waals surface area contributed by atoms with Gasteiger partial charge in [0.2, 0.25) is 5.78 Å². The second-order valence-corrected chi connectivity index (χ2v) is 7.07. The number of thiophene rings is 1. The Balaban J connectivity index is 1.42. The molecule has 6 nitrogen and oxygen atoms in total. The Labute approximate surface area is 162 Å². The van der Waals surface area contributed by atoms with E-state index in [1.165, 1.54) is 17.4 Å². The fraction of sp³-hybridized carbons (Fsp3) is 0.105. The Bertz CT molecular complexity index is 1040. The minimum Gasteiger partial charge on any atom is -0.452 e. The van der Waals surface area contributed by atoms with Crippen LogP contribution in [0.2, 0.25) is 5.15 Å². The van der Waals surface area contributed by atoms with Crippen molar-refractivity contribution in [3.8, 4) is 11.5 Å². The van der Waals surface area contributed by atoms with Gasteiger partial charge in [0.1, 0.15) is 17.3 Å². The Kier molecular flexibility index (Phi) is 4.79. The number of benzene rings is 1. The van der Waals surface area contributed by atoms with E-state index in [9.17, 15) is 9.59 Å². The zero-order chi connectivity index (χ0) is 18.8. The zero-order valence-electron chi connectivity index (χ0n) is 13.8. The molecule has 3 heterocycles. The van der Waals surface area contributed by atoms with E-state index in [1.54, 1.807) is 24.3 Å². The van der Waals surface area contributed by atoms with Gasteiger partial charge >= 0.3 is 5.97 Å². The number of hydrogen-bond acceptors (Lipinski definition) is 7. The maximum Gasteiger partial charge on any atom is 0.311 e. The van der Waals surface area contributed by atoms with Gasteiger partial charge in [0, 0.05) is 29.5 Å². The lowest BCUT2D eigenvalue weighted by atomic mass is 10.1. The fourth-order valence-corrected chi connectivity index (χ4v) is 3.35. The molecule has 136 valence electrons. The van der Waals surface area contributed by atoms with Crippen LogP contribution in [0.15, 0.2) is 52.1 Å². The number of carbonyl (C=O) groups is 2. The van der Waals surface area contributed by atoms with Gasteiger partial charge in [-0.2, -0.15) is 0 Å². The monoisotopic (exact) mass is 401 g/mol. The molecule has 0 fully saturated rings. The number of Topliss-reactive ketones (excluding diaryl/α,β-unsaturated/α-hetero) is 1. The molecule has 2 aromatic heterocycles. The standard InChI is InChI=1S/C19H12ClNO5S/c20-17-9-12(26-21-17)4-6-18(22)24-11-3-5-14-15(8-11)25-16(19(14)23)10-13-2-1-7-27-13/h1-3,5,7-10H,4,6H2/b16-10-. The number of ether oxygens (including phenoxy) is 2. The van der Waals surface area contributed by atoms with Crippen LogP contribution >= 0.6 is 22.9 Å². The Morgan fingerprint density at radius 2 is 2.19 bits per heavy atom. The Morgan fingerprint density at radius 1 is 1.30 bits per heavy atom. The Hall–Kier alpha value is -2.90. The van der Waals surface area contributed by atoms with Gasteiger partial charge in [0.15, 0.2) is 10.9 Å². The molecule has 0 radical (unpaired) electrons. The summed E-state index contributed by atoms with van der Waals surface area (Å²) in [6.45, 7) is 0. The van der Waals surface area contributed by atoms with E-state index in [1.807, 2.05) is 17.5 Å². The van der Waals surface area contributed by atoms with Crippen molar-refractivity contribution in [2.45, 2.75) is 12.8 Å². The number of fused-ring (bicyclic) bond motifs is 1. The summed E-state index contributed by atoms with van der Waals surface area (Å²) in [6, 6.07) is 10.0. The molecule has 8 heteroatoms. The first-order valence-electron chi connectivity index (χ1n) is 8.02. The molecular weight excluding hydrogens is 390 g/mol. The van der Waals surface area contributed by atoms with Gasteiger partial charge in [-0.1, -0.05) is 22.8 Å². The lowest BCUT2D eigenvalue weighted by Crippen LogP contribution is -2.08. The van der Waals surface area contributed by atoms with E-state index in [0.717, 1.165) is 4.88 Å². The SMILES string of the molecule is O=C(CCc1cc(Cl)no1)Oc1ccc2c(c1)O/C(=C\c1cccs1)C2=O. The maximum absolute atomic E-state index is 12.4. The molecule has 0 amide bonds. The third-order valence-electron chi connectivity index (χ3n) is 3.80. The second kappa shape index (κ2) is 7.38. The quantitative estimate of drug-likeness (QED) is 0.354. The van der Waals surface area contributed by atoms with Crippen molar-refractivity contribution < 1.29 is 23.6 Å².